The van der Waals surface area contributed by atoms with E-state index in [9.17, 15) is 13.6 Å². The molecule has 0 bridgehead atoms. The number of anilines is 1. The van der Waals surface area contributed by atoms with Gasteiger partial charge >= 0.3 is 5.69 Å². The maximum Gasteiger partial charge on any atom is 0.351 e. The standard InChI is InChI=1S/C10H13F2N3O3.C2H3Cl/c1-10(4-16)2-5(11)8(18-10)15-3-6(12)7(13)14-9(15)17;1-2-3/h3,5,8,16H,2,4H2,1H3,(H2,13,14,17);2H,1H2/t5?,8?,10-;/m0./s1. The van der Waals surface area contributed by atoms with E-state index in [1.165, 1.54) is 12.5 Å². The SMILES string of the molecule is C=CCl.C[C@@]1(CO)CC(F)C(n2cc(F)c(N)nc2=O)O1. The monoisotopic (exact) mass is 323 g/mol. The molecule has 2 heterocycles. The maximum atomic E-state index is 13.8. The maximum absolute atomic E-state index is 13.8. The lowest BCUT2D eigenvalue weighted by atomic mass is 10.0. The molecule has 3 atom stereocenters. The second kappa shape index (κ2) is 6.97. The molecule has 0 spiro atoms. The summed E-state index contributed by atoms with van der Waals surface area (Å²) in [5, 5.41) is 9.09. The van der Waals surface area contributed by atoms with Crippen molar-refractivity contribution in [3.05, 3.63) is 34.6 Å². The summed E-state index contributed by atoms with van der Waals surface area (Å²) in [6.07, 6.45) is -2.18. The minimum Gasteiger partial charge on any atom is -0.393 e. The third kappa shape index (κ3) is 3.99. The molecular weight excluding hydrogens is 308 g/mol. The number of aliphatic hydroxyl groups excluding tert-OH is 1. The van der Waals surface area contributed by atoms with Crippen molar-refractivity contribution < 1.29 is 18.6 Å². The van der Waals surface area contributed by atoms with E-state index in [1.807, 2.05) is 0 Å². The van der Waals surface area contributed by atoms with E-state index < -0.39 is 41.9 Å². The van der Waals surface area contributed by atoms with E-state index in [2.05, 4.69) is 11.6 Å². The van der Waals surface area contributed by atoms with Crippen LogP contribution in [-0.2, 0) is 4.74 Å². The Morgan fingerprint density at radius 2 is 2.38 bits per heavy atom. The first-order valence-corrected chi connectivity index (χ1v) is 6.39. The van der Waals surface area contributed by atoms with Crippen molar-refractivity contribution >= 4 is 17.4 Å². The molecule has 2 unspecified atom stereocenters. The van der Waals surface area contributed by atoms with Gasteiger partial charge in [-0.05, 0) is 12.5 Å². The number of halogens is 3. The van der Waals surface area contributed by atoms with E-state index in [4.69, 9.17) is 27.2 Å². The molecule has 21 heavy (non-hydrogen) atoms. The Balaban J connectivity index is 0.000000677. The van der Waals surface area contributed by atoms with Crippen molar-refractivity contribution in [2.45, 2.75) is 31.3 Å². The van der Waals surface area contributed by atoms with Crippen LogP contribution in [0.3, 0.4) is 0 Å². The lowest BCUT2D eigenvalue weighted by Gasteiger charge is -2.22. The first kappa shape index (κ1) is 17.5. The highest BCUT2D eigenvalue weighted by Gasteiger charge is 2.45. The van der Waals surface area contributed by atoms with Gasteiger partial charge in [0.25, 0.3) is 0 Å². The van der Waals surface area contributed by atoms with E-state index >= 15 is 0 Å². The number of hydrogen-bond acceptors (Lipinski definition) is 5. The first-order valence-electron chi connectivity index (χ1n) is 5.96. The highest BCUT2D eigenvalue weighted by Crippen LogP contribution is 2.37. The summed E-state index contributed by atoms with van der Waals surface area (Å²) in [5.41, 5.74) is 4.36. The lowest BCUT2D eigenvalue weighted by Crippen LogP contribution is -2.33. The Bertz CT molecular complexity index is 569. The van der Waals surface area contributed by atoms with Gasteiger partial charge in [0.15, 0.2) is 17.9 Å². The molecule has 0 saturated carbocycles. The zero-order valence-electron chi connectivity index (χ0n) is 11.3. The summed E-state index contributed by atoms with van der Waals surface area (Å²) in [5.74, 6) is -1.47. The van der Waals surface area contributed by atoms with Crippen molar-refractivity contribution in [1.29, 1.82) is 0 Å². The van der Waals surface area contributed by atoms with Crippen LogP contribution in [0, 0.1) is 5.82 Å². The zero-order valence-corrected chi connectivity index (χ0v) is 12.1. The summed E-state index contributed by atoms with van der Waals surface area (Å²) in [6, 6.07) is 0. The fraction of sp³-hybridized carbons (Fsp3) is 0.500. The summed E-state index contributed by atoms with van der Waals surface area (Å²) < 4.78 is 33.0. The second-order valence-electron chi connectivity index (χ2n) is 4.65. The smallest absolute Gasteiger partial charge is 0.351 e. The summed E-state index contributed by atoms with van der Waals surface area (Å²) >= 11 is 4.76. The van der Waals surface area contributed by atoms with Crippen LogP contribution in [-0.4, -0.2) is 33.0 Å². The van der Waals surface area contributed by atoms with Gasteiger partial charge in [-0.3, -0.25) is 4.57 Å². The number of hydrogen-bond donors (Lipinski definition) is 2. The van der Waals surface area contributed by atoms with Crippen molar-refractivity contribution in [2.24, 2.45) is 0 Å². The Hall–Kier alpha value is -1.51. The topological polar surface area (TPSA) is 90.4 Å². The molecule has 1 aliphatic rings. The molecule has 0 amide bonds. The Labute approximate surface area is 124 Å². The predicted octanol–water partition coefficient (Wildman–Crippen LogP) is 1.34. The predicted molar refractivity (Wildman–Crippen MR) is 74.0 cm³/mol. The normalized spacial score (nSPS) is 27.9. The van der Waals surface area contributed by atoms with Gasteiger partial charge < -0.3 is 15.6 Å². The van der Waals surface area contributed by atoms with Gasteiger partial charge in [-0.25, -0.2) is 13.6 Å². The molecule has 3 N–H and O–H groups in total. The van der Waals surface area contributed by atoms with Crippen LogP contribution in [0.15, 0.2) is 23.1 Å². The second-order valence-corrected chi connectivity index (χ2v) is 4.96. The number of nitrogens with two attached hydrogens (primary N) is 1. The number of aromatic nitrogens is 2. The molecule has 118 valence electrons. The van der Waals surface area contributed by atoms with Crippen LogP contribution < -0.4 is 11.4 Å². The van der Waals surface area contributed by atoms with E-state index in [0.717, 1.165) is 6.20 Å². The fourth-order valence-corrected chi connectivity index (χ4v) is 1.90. The van der Waals surface area contributed by atoms with Gasteiger partial charge in [0, 0.05) is 6.42 Å². The van der Waals surface area contributed by atoms with Crippen LogP contribution in [0.25, 0.3) is 0 Å². The molecule has 9 heteroatoms. The molecule has 2 rings (SSSR count). The molecule has 1 aromatic heterocycles. The summed E-state index contributed by atoms with van der Waals surface area (Å²) in [4.78, 5) is 14.7. The van der Waals surface area contributed by atoms with Gasteiger partial charge in [-0.2, -0.15) is 4.98 Å². The largest absolute Gasteiger partial charge is 0.393 e. The Kier molecular flexibility index (Phi) is 5.82. The molecule has 0 aliphatic carbocycles. The number of ether oxygens (including phenoxy) is 1. The molecule has 0 aromatic carbocycles. The van der Waals surface area contributed by atoms with Gasteiger partial charge in [0.05, 0.1) is 18.4 Å². The van der Waals surface area contributed by atoms with Crippen LogP contribution in [0.2, 0.25) is 0 Å². The third-order valence-corrected chi connectivity index (χ3v) is 2.88. The van der Waals surface area contributed by atoms with E-state index in [-0.39, 0.29) is 6.42 Å². The highest BCUT2D eigenvalue weighted by atomic mass is 35.5. The average molecular weight is 324 g/mol. The van der Waals surface area contributed by atoms with Crippen LogP contribution in [0.4, 0.5) is 14.6 Å². The molecule has 1 aliphatic heterocycles. The van der Waals surface area contributed by atoms with Crippen LogP contribution in [0.5, 0.6) is 0 Å². The van der Waals surface area contributed by atoms with E-state index in [1.54, 1.807) is 0 Å². The molecule has 6 nitrogen and oxygen atoms in total. The van der Waals surface area contributed by atoms with Gasteiger partial charge in [0.2, 0.25) is 0 Å². The number of nitrogens with zero attached hydrogens (tertiary/aromatic N) is 2. The average Bonchev–Trinajstić information content (AvgIpc) is 2.71. The van der Waals surface area contributed by atoms with Crippen molar-refractivity contribution in [1.82, 2.24) is 9.55 Å². The van der Waals surface area contributed by atoms with E-state index in [0.29, 0.717) is 4.57 Å². The van der Waals surface area contributed by atoms with Gasteiger partial charge in [-0.15, -0.1) is 0 Å². The number of nitrogen functional groups attached to an aromatic ring is 1. The Morgan fingerprint density at radius 1 is 1.81 bits per heavy atom. The fourth-order valence-electron chi connectivity index (χ4n) is 1.90. The minimum atomic E-state index is -1.54. The number of rotatable bonds is 2. The van der Waals surface area contributed by atoms with Crippen LogP contribution in [0.1, 0.15) is 19.6 Å². The molecule has 0 radical (unpaired) electrons. The van der Waals surface area contributed by atoms with Crippen LogP contribution >= 0.6 is 11.6 Å². The van der Waals surface area contributed by atoms with Gasteiger partial charge in [0.1, 0.15) is 6.17 Å². The highest BCUT2D eigenvalue weighted by molar-refractivity contribution is 6.25. The van der Waals surface area contributed by atoms with Crippen molar-refractivity contribution in [3.8, 4) is 0 Å². The number of alkyl halides is 1. The third-order valence-electron chi connectivity index (χ3n) is 2.88. The summed E-state index contributed by atoms with van der Waals surface area (Å²) in [6.45, 7) is 4.23. The van der Waals surface area contributed by atoms with Gasteiger partial charge in [-0.1, -0.05) is 18.2 Å². The molecule has 1 aromatic rings. The lowest BCUT2D eigenvalue weighted by molar-refractivity contribution is -0.0954. The quantitative estimate of drug-likeness (QED) is 0.857. The first-order chi connectivity index (χ1) is 9.77. The minimum absolute atomic E-state index is 0.0907. The number of aliphatic hydroxyl groups is 1. The molecule has 1 fully saturated rings. The zero-order chi connectivity index (χ0) is 16.2. The Morgan fingerprint density at radius 3 is 2.86 bits per heavy atom. The van der Waals surface area contributed by atoms with Crippen molar-refractivity contribution in [2.75, 3.05) is 12.3 Å². The molecular formula is C12H16ClF2N3O3. The van der Waals surface area contributed by atoms with Crippen molar-refractivity contribution in [3.63, 3.8) is 0 Å². The molecule has 1 saturated heterocycles. The summed E-state index contributed by atoms with van der Waals surface area (Å²) in [7, 11) is 0.